The molecular formula is C17H24N2O2. The van der Waals surface area contributed by atoms with E-state index in [1.165, 1.54) is 12.5 Å². The van der Waals surface area contributed by atoms with E-state index < -0.39 is 0 Å². The second-order valence-corrected chi connectivity index (χ2v) is 5.33. The van der Waals surface area contributed by atoms with E-state index in [4.69, 9.17) is 4.74 Å². The second-order valence-electron chi connectivity index (χ2n) is 5.33. The van der Waals surface area contributed by atoms with Crippen LogP contribution in [0.4, 0.5) is 0 Å². The number of piperazine rings is 1. The zero-order valence-corrected chi connectivity index (χ0v) is 12.7. The van der Waals surface area contributed by atoms with E-state index in [9.17, 15) is 4.79 Å². The highest BCUT2D eigenvalue weighted by Crippen LogP contribution is 2.27. The molecule has 0 aliphatic carbocycles. The quantitative estimate of drug-likeness (QED) is 0.496. The monoisotopic (exact) mass is 288 g/mol. The van der Waals surface area contributed by atoms with Crippen molar-refractivity contribution in [2.45, 2.75) is 25.8 Å². The highest BCUT2D eigenvalue weighted by atomic mass is 16.5. The summed E-state index contributed by atoms with van der Waals surface area (Å²) in [6.45, 7) is 9.45. The van der Waals surface area contributed by atoms with E-state index >= 15 is 0 Å². The first-order valence-corrected chi connectivity index (χ1v) is 7.54. The first kappa shape index (κ1) is 15.7. The minimum absolute atomic E-state index is 0.284. The Morgan fingerprint density at radius 1 is 1.38 bits per heavy atom. The maximum atomic E-state index is 11.0. The topological polar surface area (TPSA) is 41.6 Å². The van der Waals surface area contributed by atoms with Crippen LogP contribution in [0.3, 0.4) is 0 Å². The fraction of sp³-hybridized carbons (Fsp3) is 0.471. The molecule has 1 aliphatic rings. The van der Waals surface area contributed by atoms with Crippen LogP contribution in [-0.4, -0.2) is 37.0 Å². The molecule has 114 valence electrons. The van der Waals surface area contributed by atoms with Crippen LogP contribution < -0.4 is 10.1 Å². The van der Waals surface area contributed by atoms with Gasteiger partial charge in [-0.2, -0.15) is 0 Å². The van der Waals surface area contributed by atoms with Gasteiger partial charge in [-0.1, -0.05) is 18.2 Å². The van der Waals surface area contributed by atoms with Crippen molar-refractivity contribution in [3.63, 3.8) is 0 Å². The predicted octanol–water partition coefficient (Wildman–Crippen LogP) is 2.52. The molecule has 4 nitrogen and oxygen atoms in total. The zero-order chi connectivity index (χ0) is 15.1. The Hall–Kier alpha value is -1.65. The molecule has 1 aromatic carbocycles. The van der Waals surface area contributed by atoms with Crippen molar-refractivity contribution in [2.24, 2.45) is 0 Å². The van der Waals surface area contributed by atoms with E-state index in [1.807, 2.05) is 18.2 Å². The Labute approximate surface area is 126 Å². The summed E-state index contributed by atoms with van der Waals surface area (Å²) in [4.78, 5) is 13.5. The smallest absolute Gasteiger partial charge is 0.308 e. The van der Waals surface area contributed by atoms with E-state index in [0.717, 1.165) is 39.0 Å². The van der Waals surface area contributed by atoms with Crippen LogP contribution in [0.5, 0.6) is 5.75 Å². The molecule has 0 unspecified atom stereocenters. The maximum Gasteiger partial charge on any atom is 0.308 e. The number of allylic oxidation sites excluding steroid dienone is 1. The standard InChI is InChI=1S/C17H24N2O2/c1-3-4-5-17(19-12-10-18-11-13-19)15-6-8-16(9-7-15)21-14(2)20/h3,6-9,17-18H,1,4-5,10-13H2,2H3/t17-/m1/s1. The molecule has 1 aromatic rings. The van der Waals surface area contributed by atoms with Gasteiger partial charge in [-0.3, -0.25) is 9.69 Å². The van der Waals surface area contributed by atoms with Gasteiger partial charge in [-0.15, -0.1) is 6.58 Å². The molecule has 1 atom stereocenters. The maximum absolute atomic E-state index is 11.0. The highest BCUT2D eigenvalue weighted by Gasteiger charge is 2.21. The number of rotatable bonds is 6. The number of hydrogen-bond acceptors (Lipinski definition) is 4. The number of nitrogens with one attached hydrogen (secondary N) is 1. The Bertz CT molecular complexity index is 464. The summed E-state index contributed by atoms with van der Waals surface area (Å²) in [6.07, 6.45) is 4.04. The fourth-order valence-electron chi connectivity index (χ4n) is 2.75. The van der Waals surface area contributed by atoms with Crippen LogP contribution in [0.1, 0.15) is 31.4 Å². The van der Waals surface area contributed by atoms with Gasteiger partial charge in [0.05, 0.1) is 0 Å². The average molecular weight is 288 g/mol. The van der Waals surface area contributed by atoms with Gasteiger partial charge in [0.25, 0.3) is 0 Å². The van der Waals surface area contributed by atoms with E-state index in [0.29, 0.717) is 11.8 Å². The second kappa shape index (κ2) is 7.96. The van der Waals surface area contributed by atoms with E-state index in [1.54, 1.807) is 0 Å². The molecule has 0 aromatic heterocycles. The lowest BCUT2D eigenvalue weighted by molar-refractivity contribution is -0.131. The molecule has 0 saturated carbocycles. The van der Waals surface area contributed by atoms with Gasteiger partial charge >= 0.3 is 5.97 Å². The lowest BCUT2D eigenvalue weighted by Gasteiger charge is -2.35. The molecule has 1 heterocycles. The van der Waals surface area contributed by atoms with Gasteiger partial charge < -0.3 is 10.1 Å². The number of hydrogen-bond donors (Lipinski definition) is 1. The number of ether oxygens (including phenoxy) is 1. The molecule has 0 radical (unpaired) electrons. The van der Waals surface area contributed by atoms with Crippen LogP contribution in [-0.2, 0) is 4.79 Å². The molecule has 1 fully saturated rings. The van der Waals surface area contributed by atoms with Crippen molar-refractivity contribution in [1.82, 2.24) is 10.2 Å². The molecule has 0 bridgehead atoms. The number of nitrogens with zero attached hydrogens (tertiary/aromatic N) is 1. The van der Waals surface area contributed by atoms with Gasteiger partial charge in [0, 0.05) is 39.1 Å². The zero-order valence-electron chi connectivity index (χ0n) is 12.7. The third kappa shape index (κ3) is 4.69. The lowest BCUT2D eigenvalue weighted by atomic mass is 9.99. The lowest BCUT2D eigenvalue weighted by Crippen LogP contribution is -2.45. The van der Waals surface area contributed by atoms with Gasteiger partial charge in [0.2, 0.25) is 0 Å². The summed E-state index contributed by atoms with van der Waals surface area (Å²) in [5.74, 6) is 0.321. The van der Waals surface area contributed by atoms with Crippen molar-refractivity contribution in [2.75, 3.05) is 26.2 Å². The Morgan fingerprint density at radius 3 is 2.62 bits per heavy atom. The normalized spacial score (nSPS) is 17.2. The first-order chi connectivity index (χ1) is 10.2. The van der Waals surface area contributed by atoms with Crippen molar-refractivity contribution >= 4 is 5.97 Å². The summed E-state index contributed by atoms with van der Waals surface area (Å²) < 4.78 is 5.10. The summed E-state index contributed by atoms with van der Waals surface area (Å²) in [7, 11) is 0. The first-order valence-electron chi connectivity index (χ1n) is 7.54. The number of esters is 1. The molecule has 1 saturated heterocycles. The third-order valence-electron chi connectivity index (χ3n) is 3.76. The summed E-state index contributed by atoms with van der Waals surface area (Å²) >= 11 is 0. The summed E-state index contributed by atoms with van der Waals surface area (Å²) in [5.41, 5.74) is 1.27. The van der Waals surface area contributed by atoms with Gasteiger partial charge in [0.1, 0.15) is 5.75 Å². The number of carbonyl (C=O) groups excluding carboxylic acids is 1. The highest BCUT2D eigenvalue weighted by molar-refractivity contribution is 5.69. The molecule has 1 aliphatic heterocycles. The number of benzene rings is 1. The molecule has 0 amide bonds. The predicted molar refractivity (Wildman–Crippen MR) is 84.4 cm³/mol. The minimum atomic E-state index is -0.284. The Morgan fingerprint density at radius 2 is 2.05 bits per heavy atom. The molecule has 2 rings (SSSR count). The van der Waals surface area contributed by atoms with Crippen LogP contribution in [0.15, 0.2) is 36.9 Å². The molecule has 4 heteroatoms. The van der Waals surface area contributed by atoms with E-state index in [-0.39, 0.29) is 5.97 Å². The number of carbonyl (C=O) groups is 1. The summed E-state index contributed by atoms with van der Waals surface area (Å²) in [5, 5.41) is 3.39. The van der Waals surface area contributed by atoms with Crippen molar-refractivity contribution < 1.29 is 9.53 Å². The van der Waals surface area contributed by atoms with Crippen molar-refractivity contribution in [3.8, 4) is 5.75 Å². The third-order valence-corrected chi connectivity index (χ3v) is 3.76. The molecule has 21 heavy (non-hydrogen) atoms. The van der Waals surface area contributed by atoms with Crippen LogP contribution in [0.25, 0.3) is 0 Å². The Balaban J connectivity index is 2.11. The van der Waals surface area contributed by atoms with Crippen LogP contribution >= 0.6 is 0 Å². The molecule has 1 N–H and O–H groups in total. The van der Waals surface area contributed by atoms with Gasteiger partial charge in [0.15, 0.2) is 0 Å². The Kier molecular flexibility index (Phi) is 5.96. The van der Waals surface area contributed by atoms with Gasteiger partial charge in [-0.25, -0.2) is 0 Å². The van der Waals surface area contributed by atoms with Gasteiger partial charge in [-0.05, 0) is 30.5 Å². The van der Waals surface area contributed by atoms with Crippen LogP contribution in [0.2, 0.25) is 0 Å². The van der Waals surface area contributed by atoms with Crippen LogP contribution in [0, 0.1) is 0 Å². The minimum Gasteiger partial charge on any atom is -0.427 e. The molecular weight excluding hydrogens is 264 g/mol. The fourth-order valence-corrected chi connectivity index (χ4v) is 2.75. The molecule has 0 spiro atoms. The summed E-state index contributed by atoms with van der Waals surface area (Å²) in [6, 6.07) is 8.28. The largest absolute Gasteiger partial charge is 0.427 e. The average Bonchev–Trinajstić information content (AvgIpc) is 2.50. The SMILES string of the molecule is C=CCC[C@H](c1ccc(OC(C)=O)cc1)N1CCNCC1. The van der Waals surface area contributed by atoms with Crippen molar-refractivity contribution in [1.29, 1.82) is 0 Å². The van der Waals surface area contributed by atoms with E-state index in [2.05, 4.69) is 28.9 Å². The van der Waals surface area contributed by atoms with Crippen molar-refractivity contribution in [3.05, 3.63) is 42.5 Å².